The van der Waals surface area contributed by atoms with E-state index in [4.69, 9.17) is 5.73 Å². The Morgan fingerprint density at radius 2 is 2.16 bits per heavy atom. The van der Waals surface area contributed by atoms with Crippen LogP contribution in [0.3, 0.4) is 0 Å². The maximum atomic E-state index is 11.3. The van der Waals surface area contributed by atoms with Crippen molar-refractivity contribution in [1.29, 1.82) is 0 Å². The van der Waals surface area contributed by atoms with Crippen molar-refractivity contribution in [2.75, 3.05) is 5.32 Å². The van der Waals surface area contributed by atoms with E-state index >= 15 is 0 Å². The van der Waals surface area contributed by atoms with Gasteiger partial charge in [0.1, 0.15) is 5.82 Å². The van der Waals surface area contributed by atoms with Gasteiger partial charge >= 0.3 is 0 Å². The first-order valence-electron chi connectivity index (χ1n) is 6.11. The number of hydrogen-bond acceptors (Lipinski definition) is 5. The summed E-state index contributed by atoms with van der Waals surface area (Å²) in [4.78, 5) is 15.8. The van der Waals surface area contributed by atoms with Crippen molar-refractivity contribution < 1.29 is 4.79 Å². The first-order chi connectivity index (χ1) is 9.24. The van der Waals surface area contributed by atoms with Crippen LogP contribution < -0.4 is 11.1 Å². The van der Waals surface area contributed by atoms with Crippen LogP contribution in [0.25, 0.3) is 0 Å². The molecule has 1 amide bonds. The average Bonchev–Trinajstić information content (AvgIpc) is 2.86. The van der Waals surface area contributed by atoms with E-state index in [9.17, 15) is 4.79 Å². The Morgan fingerprint density at radius 1 is 1.26 bits per heavy atom. The second-order valence-corrected chi connectivity index (χ2v) is 4.44. The van der Waals surface area contributed by atoms with Gasteiger partial charge in [0, 0.05) is 5.69 Å². The van der Waals surface area contributed by atoms with Crippen molar-refractivity contribution in [2.45, 2.75) is 19.3 Å². The zero-order chi connectivity index (χ0) is 13.2. The third kappa shape index (κ3) is 2.24. The second-order valence-electron chi connectivity index (χ2n) is 4.44. The number of fused-ring (bicyclic) bond motifs is 1. The molecular formula is C13H13N5O. The Labute approximate surface area is 110 Å². The Kier molecular flexibility index (Phi) is 2.83. The van der Waals surface area contributed by atoms with Gasteiger partial charge in [0.05, 0.1) is 11.9 Å². The van der Waals surface area contributed by atoms with Gasteiger partial charge in [-0.25, -0.2) is 4.98 Å². The predicted octanol–water partition coefficient (Wildman–Crippen LogP) is 1.20. The number of carbonyl (C=O) groups is 1. The van der Waals surface area contributed by atoms with Crippen molar-refractivity contribution >= 4 is 17.4 Å². The number of primary amides is 1. The lowest BCUT2D eigenvalue weighted by Crippen LogP contribution is -2.16. The smallest absolute Gasteiger partial charge is 0.271 e. The van der Waals surface area contributed by atoms with Crippen LogP contribution in [0.4, 0.5) is 11.5 Å². The van der Waals surface area contributed by atoms with Gasteiger partial charge in [0.2, 0.25) is 0 Å². The molecule has 3 rings (SSSR count). The molecule has 96 valence electrons. The van der Waals surface area contributed by atoms with E-state index in [0.29, 0.717) is 11.5 Å². The number of rotatable bonds is 3. The van der Waals surface area contributed by atoms with Crippen LogP contribution in [0.2, 0.25) is 0 Å². The quantitative estimate of drug-likeness (QED) is 0.859. The summed E-state index contributed by atoms with van der Waals surface area (Å²) < 4.78 is 0. The zero-order valence-corrected chi connectivity index (χ0v) is 10.3. The van der Waals surface area contributed by atoms with Crippen LogP contribution in [0.15, 0.2) is 24.4 Å². The van der Waals surface area contributed by atoms with Crippen LogP contribution in [0.1, 0.15) is 28.2 Å². The molecule has 1 aliphatic carbocycles. The zero-order valence-electron chi connectivity index (χ0n) is 10.3. The summed E-state index contributed by atoms with van der Waals surface area (Å²) in [6.07, 6.45) is 4.74. The SMILES string of the molecule is NC(=O)c1nnccc1Nc1ccc2c(n1)CCC2. The van der Waals surface area contributed by atoms with Gasteiger partial charge < -0.3 is 11.1 Å². The lowest BCUT2D eigenvalue weighted by Gasteiger charge is -2.09. The Balaban J connectivity index is 1.91. The fraction of sp³-hybridized carbons (Fsp3) is 0.231. The molecule has 0 aromatic carbocycles. The third-order valence-electron chi connectivity index (χ3n) is 3.15. The molecule has 19 heavy (non-hydrogen) atoms. The standard InChI is InChI=1S/C13H13N5O/c14-13(19)12-10(6-7-15-18-12)17-11-5-4-8-2-1-3-9(8)16-11/h4-7H,1-3H2,(H2,14,19)(H,15,16,17). The molecule has 0 bridgehead atoms. The largest absolute Gasteiger partial charge is 0.364 e. The van der Waals surface area contributed by atoms with Crippen molar-refractivity contribution in [1.82, 2.24) is 15.2 Å². The summed E-state index contributed by atoms with van der Waals surface area (Å²) in [6, 6.07) is 5.62. The lowest BCUT2D eigenvalue weighted by atomic mass is 10.2. The molecule has 0 saturated heterocycles. The van der Waals surface area contributed by atoms with E-state index in [0.717, 1.165) is 25.0 Å². The van der Waals surface area contributed by atoms with Crippen molar-refractivity contribution in [2.24, 2.45) is 5.73 Å². The average molecular weight is 255 g/mol. The van der Waals surface area contributed by atoms with Crippen molar-refractivity contribution in [3.63, 3.8) is 0 Å². The highest BCUT2D eigenvalue weighted by Crippen LogP contribution is 2.23. The van der Waals surface area contributed by atoms with Gasteiger partial charge in [-0.15, -0.1) is 5.10 Å². The molecule has 0 spiro atoms. The van der Waals surface area contributed by atoms with E-state index in [1.54, 1.807) is 6.07 Å². The fourth-order valence-corrected chi connectivity index (χ4v) is 2.24. The van der Waals surface area contributed by atoms with Gasteiger partial charge in [-0.3, -0.25) is 4.79 Å². The predicted molar refractivity (Wildman–Crippen MR) is 70.1 cm³/mol. The summed E-state index contributed by atoms with van der Waals surface area (Å²) >= 11 is 0. The normalized spacial score (nSPS) is 13.1. The first kappa shape index (κ1) is 11.6. The second kappa shape index (κ2) is 4.64. The number of nitrogens with two attached hydrogens (primary N) is 1. The minimum Gasteiger partial charge on any atom is -0.364 e. The molecule has 2 aromatic heterocycles. The van der Waals surface area contributed by atoms with E-state index in [1.165, 1.54) is 11.8 Å². The maximum Gasteiger partial charge on any atom is 0.271 e. The molecule has 0 atom stereocenters. The number of hydrogen-bond donors (Lipinski definition) is 2. The van der Waals surface area contributed by atoms with E-state index in [2.05, 4.69) is 26.6 Å². The lowest BCUT2D eigenvalue weighted by molar-refractivity contribution is 0.0995. The molecular weight excluding hydrogens is 242 g/mol. The molecule has 0 aliphatic heterocycles. The highest BCUT2D eigenvalue weighted by atomic mass is 16.1. The van der Waals surface area contributed by atoms with Crippen LogP contribution in [-0.4, -0.2) is 21.1 Å². The Morgan fingerprint density at radius 3 is 3.00 bits per heavy atom. The molecule has 6 heteroatoms. The molecule has 3 N–H and O–H groups in total. The van der Waals surface area contributed by atoms with Gasteiger partial charge in [0.15, 0.2) is 5.69 Å². The molecule has 2 aromatic rings. The number of nitrogens with one attached hydrogen (secondary N) is 1. The number of amides is 1. The van der Waals surface area contributed by atoms with Crippen molar-refractivity contribution in [3.05, 3.63) is 41.3 Å². The van der Waals surface area contributed by atoms with Crippen LogP contribution >= 0.6 is 0 Å². The summed E-state index contributed by atoms with van der Waals surface area (Å²) in [7, 11) is 0. The fourth-order valence-electron chi connectivity index (χ4n) is 2.24. The topological polar surface area (TPSA) is 93.8 Å². The number of anilines is 2. The monoisotopic (exact) mass is 255 g/mol. The molecule has 0 radical (unpaired) electrons. The number of carbonyl (C=O) groups excluding carboxylic acids is 1. The van der Waals surface area contributed by atoms with Gasteiger partial charge in [-0.1, -0.05) is 6.07 Å². The van der Waals surface area contributed by atoms with Crippen LogP contribution in [-0.2, 0) is 12.8 Å². The van der Waals surface area contributed by atoms with Crippen LogP contribution in [0, 0.1) is 0 Å². The molecule has 6 nitrogen and oxygen atoms in total. The summed E-state index contributed by atoms with van der Waals surface area (Å²) in [6.45, 7) is 0. The summed E-state index contributed by atoms with van der Waals surface area (Å²) in [5.74, 6) is 0.0768. The molecule has 0 fully saturated rings. The summed E-state index contributed by atoms with van der Waals surface area (Å²) in [5.41, 5.74) is 8.31. The number of pyridine rings is 1. The maximum absolute atomic E-state index is 11.3. The Hall–Kier alpha value is -2.50. The van der Waals surface area contributed by atoms with Gasteiger partial charge in [-0.2, -0.15) is 5.10 Å². The summed E-state index contributed by atoms with van der Waals surface area (Å²) in [5, 5.41) is 10.5. The number of aryl methyl sites for hydroxylation is 2. The number of nitrogens with zero attached hydrogens (tertiary/aromatic N) is 3. The molecule has 2 heterocycles. The third-order valence-corrected chi connectivity index (χ3v) is 3.15. The molecule has 1 aliphatic rings. The van der Waals surface area contributed by atoms with E-state index in [1.807, 2.05) is 6.07 Å². The van der Waals surface area contributed by atoms with Crippen LogP contribution in [0.5, 0.6) is 0 Å². The van der Waals surface area contributed by atoms with E-state index in [-0.39, 0.29) is 5.69 Å². The molecule has 0 saturated carbocycles. The minimum absolute atomic E-state index is 0.116. The minimum atomic E-state index is -0.614. The highest BCUT2D eigenvalue weighted by molar-refractivity contribution is 5.96. The molecule has 0 unspecified atom stereocenters. The van der Waals surface area contributed by atoms with Crippen molar-refractivity contribution in [3.8, 4) is 0 Å². The Bertz CT molecular complexity index is 641. The van der Waals surface area contributed by atoms with Gasteiger partial charge in [0.25, 0.3) is 5.91 Å². The highest BCUT2D eigenvalue weighted by Gasteiger charge is 2.14. The van der Waals surface area contributed by atoms with Gasteiger partial charge in [-0.05, 0) is 37.0 Å². The number of aromatic nitrogens is 3. The first-order valence-corrected chi connectivity index (χ1v) is 6.11. The van der Waals surface area contributed by atoms with E-state index < -0.39 is 5.91 Å².